The number of fused-ring (bicyclic) bond motifs is 1. The minimum Gasteiger partial charge on any atom is -0.323 e. The molecule has 90 valence electrons. The molecule has 3 rings (SSSR count). The molecular weight excluding hydrogens is 250 g/mol. The maximum Gasteiger partial charge on any atom is 0.1000 e. The van der Waals surface area contributed by atoms with Crippen molar-refractivity contribution < 1.29 is 0 Å². The fraction of sp³-hybridized carbons (Fsp3) is 0.500. The van der Waals surface area contributed by atoms with Crippen LogP contribution < -0.4 is 5.73 Å². The molecule has 1 unspecified atom stereocenters. The van der Waals surface area contributed by atoms with Gasteiger partial charge >= 0.3 is 0 Å². The molecule has 0 amide bonds. The molecule has 2 aromatic heterocycles. The molecule has 0 saturated heterocycles. The van der Waals surface area contributed by atoms with Crippen molar-refractivity contribution in [2.75, 3.05) is 0 Å². The Bertz CT molecular complexity index is 530. The maximum absolute atomic E-state index is 6.09. The lowest BCUT2D eigenvalue weighted by Gasteiger charge is -2.15. The Hall–Kier alpha value is -0.780. The standard InChI is InChI=1S/C12H15N3S2/c1-7-6-16-10(14-7)5-11-15-12-8(13)3-2-4-9(12)17-11/h6,8H,2-5,13H2,1H3. The van der Waals surface area contributed by atoms with Crippen molar-refractivity contribution in [2.24, 2.45) is 5.73 Å². The molecule has 17 heavy (non-hydrogen) atoms. The second-order valence-electron chi connectivity index (χ2n) is 4.47. The Morgan fingerprint density at radius 1 is 1.41 bits per heavy atom. The van der Waals surface area contributed by atoms with Gasteiger partial charge in [-0.25, -0.2) is 9.97 Å². The summed E-state index contributed by atoms with van der Waals surface area (Å²) in [4.78, 5) is 10.6. The van der Waals surface area contributed by atoms with Gasteiger partial charge in [-0.2, -0.15) is 0 Å². The van der Waals surface area contributed by atoms with Crippen LogP contribution in [0.2, 0.25) is 0 Å². The van der Waals surface area contributed by atoms with E-state index < -0.39 is 0 Å². The summed E-state index contributed by atoms with van der Waals surface area (Å²) < 4.78 is 0. The van der Waals surface area contributed by atoms with Crippen LogP contribution in [0.4, 0.5) is 0 Å². The van der Waals surface area contributed by atoms with E-state index in [1.54, 1.807) is 11.3 Å². The molecule has 2 aromatic rings. The van der Waals surface area contributed by atoms with E-state index >= 15 is 0 Å². The average Bonchev–Trinajstić information content (AvgIpc) is 2.86. The molecule has 5 heteroatoms. The largest absolute Gasteiger partial charge is 0.323 e. The van der Waals surface area contributed by atoms with Gasteiger partial charge in [-0.1, -0.05) is 0 Å². The van der Waals surface area contributed by atoms with E-state index in [0.717, 1.165) is 35.7 Å². The van der Waals surface area contributed by atoms with Gasteiger partial charge in [0.25, 0.3) is 0 Å². The van der Waals surface area contributed by atoms with Crippen molar-refractivity contribution in [3.63, 3.8) is 0 Å². The van der Waals surface area contributed by atoms with Gasteiger partial charge in [-0.3, -0.25) is 0 Å². The van der Waals surface area contributed by atoms with Crippen LogP contribution >= 0.6 is 22.7 Å². The first kappa shape index (κ1) is 11.3. The summed E-state index contributed by atoms with van der Waals surface area (Å²) in [5.74, 6) is 0. The molecule has 1 aliphatic rings. The van der Waals surface area contributed by atoms with Crippen molar-refractivity contribution in [3.8, 4) is 0 Å². The molecule has 0 radical (unpaired) electrons. The van der Waals surface area contributed by atoms with Gasteiger partial charge in [-0.05, 0) is 26.2 Å². The van der Waals surface area contributed by atoms with Crippen LogP contribution in [0.25, 0.3) is 0 Å². The summed E-state index contributed by atoms with van der Waals surface area (Å²) in [5, 5.41) is 4.41. The van der Waals surface area contributed by atoms with Gasteiger partial charge in [0.15, 0.2) is 0 Å². The fourth-order valence-corrected chi connectivity index (χ4v) is 4.24. The number of rotatable bonds is 2. The summed E-state index contributed by atoms with van der Waals surface area (Å²) in [6.07, 6.45) is 4.29. The lowest BCUT2D eigenvalue weighted by atomic mass is 9.99. The summed E-state index contributed by atoms with van der Waals surface area (Å²) >= 11 is 3.53. The SMILES string of the molecule is Cc1csc(Cc2nc3c(s2)CCCC3N)n1. The summed E-state index contributed by atoms with van der Waals surface area (Å²) in [6, 6.07) is 0.154. The van der Waals surface area contributed by atoms with Crippen LogP contribution in [0.5, 0.6) is 0 Å². The highest BCUT2D eigenvalue weighted by atomic mass is 32.1. The summed E-state index contributed by atoms with van der Waals surface area (Å²) in [5.41, 5.74) is 8.33. The molecule has 3 nitrogen and oxygen atoms in total. The Morgan fingerprint density at radius 3 is 3.00 bits per heavy atom. The van der Waals surface area contributed by atoms with Crippen LogP contribution in [0.3, 0.4) is 0 Å². The van der Waals surface area contributed by atoms with Gasteiger partial charge in [0.05, 0.1) is 22.1 Å². The fourth-order valence-electron chi connectivity index (χ4n) is 2.19. The van der Waals surface area contributed by atoms with E-state index in [1.807, 2.05) is 18.3 Å². The summed E-state index contributed by atoms with van der Waals surface area (Å²) in [7, 11) is 0. The Balaban J connectivity index is 1.85. The number of thiazole rings is 2. The molecule has 2 heterocycles. The van der Waals surface area contributed by atoms with E-state index in [-0.39, 0.29) is 6.04 Å². The Morgan fingerprint density at radius 2 is 2.29 bits per heavy atom. The van der Waals surface area contributed by atoms with E-state index in [4.69, 9.17) is 10.7 Å². The van der Waals surface area contributed by atoms with E-state index in [2.05, 4.69) is 10.4 Å². The number of hydrogen-bond donors (Lipinski definition) is 1. The molecule has 0 saturated carbocycles. The number of aromatic nitrogens is 2. The highest BCUT2D eigenvalue weighted by Crippen LogP contribution is 2.32. The first-order valence-electron chi connectivity index (χ1n) is 5.87. The van der Waals surface area contributed by atoms with Crippen molar-refractivity contribution in [2.45, 2.75) is 38.6 Å². The quantitative estimate of drug-likeness (QED) is 0.908. The highest BCUT2D eigenvalue weighted by molar-refractivity contribution is 7.12. The minimum absolute atomic E-state index is 0.154. The minimum atomic E-state index is 0.154. The van der Waals surface area contributed by atoms with Gasteiger partial charge in [0, 0.05) is 22.0 Å². The number of hydrogen-bond acceptors (Lipinski definition) is 5. The van der Waals surface area contributed by atoms with Crippen LogP contribution in [0, 0.1) is 6.92 Å². The maximum atomic E-state index is 6.09. The van der Waals surface area contributed by atoms with Crippen LogP contribution in [0.15, 0.2) is 5.38 Å². The number of nitrogens with two attached hydrogens (primary N) is 1. The zero-order valence-corrected chi connectivity index (χ0v) is 11.4. The molecule has 0 aliphatic heterocycles. The van der Waals surface area contributed by atoms with Crippen molar-refractivity contribution in [3.05, 3.63) is 31.7 Å². The molecule has 0 bridgehead atoms. The topological polar surface area (TPSA) is 51.8 Å². The van der Waals surface area contributed by atoms with E-state index in [9.17, 15) is 0 Å². The smallest absolute Gasteiger partial charge is 0.1000 e. The first-order chi connectivity index (χ1) is 8.22. The van der Waals surface area contributed by atoms with Crippen LogP contribution in [-0.4, -0.2) is 9.97 Å². The van der Waals surface area contributed by atoms with Crippen molar-refractivity contribution >= 4 is 22.7 Å². The molecule has 1 aliphatic carbocycles. The lowest BCUT2D eigenvalue weighted by Crippen LogP contribution is -2.16. The highest BCUT2D eigenvalue weighted by Gasteiger charge is 2.21. The zero-order valence-electron chi connectivity index (χ0n) is 9.77. The molecule has 0 fully saturated rings. The average molecular weight is 265 g/mol. The van der Waals surface area contributed by atoms with Gasteiger partial charge in [-0.15, -0.1) is 22.7 Å². The Labute approximate surface area is 109 Å². The normalized spacial score (nSPS) is 19.3. The number of aryl methyl sites for hydroxylation is 2. The number of nitrogens with zero attached hydrogens (tertiary/aromatic N) is 2. The Kier molecular flexibility index (Phi) is 2.98. The second kappa shape index (κ2) is 4.48. The third kappa shape index (κ3) is 2.27. The molecule has 1 atom stereocenters. The monoisotopic (exact) mass is 265 g/mol. The predicted octanol–water partition coefficient (Wildman–Crippen LogP) is 2.83. The third-order valence-electron chi connectivity index (χ3n) is 3.01. The molecule has 0 aromatic carbocycles. The van der Waals surface area contributed by atoms with Crippen molar-refractivity contribution in [1.82, 2.24) is 9.97 Å². The lowest BCUT2D eigenvalue weighted by molar-refractivity contribution is 0.562. The van der Waals surface area contributed by atoms with Gasteiger partial charge in [0.2, 0.25) is 0 Å². The first-order valence-corrected chi connectivity index (χ1v) is 7.57. The van der Waals surface area contributed by atoms with Crippen molar-refractivity contribution in [1.29, 1.82) is 0 Å². The van der Waals surface area contributed by atoms with E-state index in [0.29, 0.717) is 0 Å². The van der Waals surface area contributed by atoms with E-state index in [1.165, 1.54) is 16.3 Å². The third-order valence-corrected chi connectivity index (χ3v) is 5.11. The molecule has 2 N–H and O–H groups in total. The summed E-state index contributed by atoms with van der Waals surface area (Å²) in [6.45, 7) is 2.03. The molecule has 0 spiro atoms. The van der Waals surface area contributed by atoms with Crippen LogP contribution in [0.1, 0.15) is 45.2 Å². The van der Waals surface area contributed by atoms with Gasteiger partial charge < -0.3 is 5.73 Å². The second-order valence-corrected chi connectivity index (χ2v) is 6.58. The predicted molar refractivity (Wildman–Crippen MR) is 71.6 cm³/mol. The van der Waals surface area contributed by atoms with Gasteiger partial charge in [0.1, 0.15) is 0 Å². The zero-order chi connectivity index (χ0) is 11.8. The van der Waals surface area contributed by atoms with Crippen LogP contribution in [-0.2, 0) is 12.8 Å². The molecular formula is C12H15N3S2.